The number of guanidine groups is 1. The molecule has 5 N–H and O–H groups in total. The predicted octanol–water partition coefficient (Wildman–Crippen LogP) is 2.06. The number of rotatable bonds is 8. The van der Waals surface area contributed by atoms with Crippen LogP contribution in [0.5, 0.6) is 0 Å². The lowest BCUT2D eigenvalue weighted by Crippen LogP contribution is -2.41. The van der Waals surface area contributed by atoms with Crippen molar-refractivity contribution in [3.05, 3.63) is 71.0 Å². The molecule has 1 fully saturated rings. The molecule has 0 spiro atoms. The third-order valence-corrected chi connectivity index (χ3v) is 5.22. The van der Waals surface area contributed by atoms with E-state index in [1.54, 1.807) is 25.2 Å². The molecule has 1 saturated carbocycles. The van der Waals surface area contributed by atoms with Crippen molar-refractivity contribution < 1.29 is 14.0 Å². The fourth-order valence-electron chi connectivity index (χ4n) is 3.29. The van der Waals surface area contributed by atoms with Gasteiger partial charge >= 0.3 is 0 Å². The van der Waals surface area contributed by atoms with Crippen molar-refractivity contribution in [3.8, 4) is 0 Å². The van der Waals surface area contributed by atoms with Gasteiger partial charge in [0.05, 0.1) is 6.54 Å². The molecular formula is C22H27FIN5O2. The molecule has 0 aliphatic heterocycles. The molecule has 0 saturated heterocycles. The molecule has 3 rings (SSSR count). The predicted molar refractivity (Wildman–Crippen MR) is 129 cm³/mol. The van der Waals surface area contributed by atoms with Gasteiger partial charge in [-0.25, -0.2) is 4.39 Å². The van der Waals surface area contributed by atoms with E-state index in [0.717, 1.165) is 24.0 Å². The summed E-state index contributed by atoms with van der Waals surface area (Å²) in [4.78, 5) is 26.9. The molecule has 1 aliphatic carbocycles. The highest BCUT2D eigenvalue weighted by Crippen LogP contribution is 2.48. The number of nitrogens with one attached hydrogen (secondary N) is 3. The summed E-state index contributed by atoms with van der Waals surface area (Å²) in [7, 11) is 1.68. The molecule has 7 nitrogen and oxygen atoms in total. The van der Waals surface area contributed by atoms with Crippen LogP contribution in [0.15, 0.2) is 53.5 Å². The second-order valence-electron chi connectivity index (χ2n) is 7.39. The standard InChI is InChI=1S/C22H26FN5O2.HI/c1-25-21(28-14-22(10-11-22)17-4-2-3-5-18(17)23)27-12-15-6-8-16(9-7-15)20(30)26-13-19(24)29;/h2-9H,10-14H2,1H3,(H2,24,29)(H,26,30)(H2,25,27,28);1H. The van der Waals surface area contributed by atoms with E-state index in [1.807, 2.05) is 24.3 Å². The third kappa shape index (κ3) is 6.65. The minimum Gasteiger partial charge on any atom is -0.368 e. The maximum atomic E-state index is 14.2. The third-order valence-electron chi connectivity index (χ3n) is 5.22. The van der Waals surface area contributed by atoms with Crippen LogP contribution in [0.25, 0.3) is 0 Å². The number of aliphatic imine (C=N–C) groups is 1. The fraction of sp³-hybridized carbons (Fsp3) is 0.318. The highest BCUT2D eigenvalue weighted by atomic mass is 127. The van der Waals surface area contributed by atoms with E-state index >= 15 is 0 Å². The Morgan fingerprint density at radius 1 is 1.06 bits per heavy atom. The molecule has 9 heteroatoms. The van der Waals surface area contributed by atoms with Crippen LogP contribution in [0.3, 0.4) is 0 Å². The van der Waals surface area contributed by atoms with Gasteiger partial charge in [-0.2, -0.15) is 0 Å². The molecule has 0 radical (unpaired) electrons. The molecule has 0 heterocycles. The maximum absolute atomic E-state index is 14.2. The van der Waals surface area contributed by atoms with Crippen LogP contribution in [0, 0.1) is 5.82 Å². The van der Waals surface area contributed by atoms with E-state index in [-0.39, 0.29) is 47.7 Å². The number of halogens is 2. The highest BCUT2D eigenvalue weighted by Gasteiger charge is 2.45. The van der Waals surface area contributed by atoms with Crippen molar-refractivity contribution in [1.82, 2.24) is 16.0 Å². The molecule has 0 bridgehead atoms. The van der Waals surface area contributed by atoms with Crippen molar-refractivity contribution in [2.75, 3.05) is 20.1 Å². The Kier molecular flexibility index (Phi) is 8.78. The first-order valence-electron chi connectivity index (χ1n) is 9.78. The summed E-state index contributed by atoms with van der Waals surface area (Å²) >= 11 is 0. The molecule has 2 aromatic carbocycles. The zero-order valence-corrected chi connectivity index (χ0v) is 19.6. The lowest BCUT2D eigenvalue weighted by molar-refractivity contribution is -0.117. The molecule has 0 atom stereocenters. The number of hydrogen-bond acceptors (Lipinski definition) is 3. The number of amides is 2. The smallest absolute Gasteiger partial charge is 0.251 e. The average molecular weight is 539 g/mol. The lowest BCUT2D eigenvalue weighted by Gasteiger charge is -2.19. The largest absolute Gasteiger partial charge is 0.368 e. The van der Waals surface area contributed by atoms with Crippen LogP contribution in [0.2, 0.25) is 0 Å². The summed E-state index contributed by atoms with van der Waals surface area (Å²) in [6, 6.07) is 13.9. The molecule has 1 aliphatic rings. The summed E-state index contributed by atoms with van der Waals surface area (Å²) in [5.41, 5.74) is 7.00. The molecule has 2 aromatic rings. The lowest BCUT2D eigenvalue weighted by atomic mass is 9.95. The number of carbonyl (C=O) groups is 2. The fourth-order valence-corrected chi connectivity index (χ4v) is 3.29. The monoisotopic (exact) mass is 539 g/mol. The first kappa shape index (κ1) is 24.6. The minimum atomic E-state index is -0.592. The van der Waals surface area contributed by atoms with Crippen LogP contribution in [0.4, 0.5) is 4.39 Å². The number of hydrogen-bond donors (Lipinski definition) is 4. The summed E-state index contributed by atoms with van der Waals surface area (Å²) in [5.74, 6) is -0.486. The van der Waals surface area contributed by atoms with E-state index in [9.17, 15) is 14.0 Å². The van der Waals surface area contributed by atoms with Gasteiger partial charge in [-0.15, -0.1) is 24.0 Å². The SMILES string of the molecule is CN=C(NCc1ccc(C(=O)NCC(N)=O)cc1)NCC1(c2ccccc2F)CC1.I. The van der Waals surface area contributed by atoms with Gasteiger partial charge in [0, 0.05) is 31.1 Å². The van der Waals surface area contributed by atoms with Crippen molar-refractivity contribution in [2.24, 2.45) is 10.7 Å². The average Bonchev–Trinajstić information content (AvgIpc) is 3.53. The number of nitrogens with two attached hydrogens (primary N) is 1. The van der Waals surface area contributed by atoms with E-state index in [1.165, 1.54) is 6.07 Å². The van der Waals surface area contributed by atoms with E-state index in [0.29, 0.717) is 24.6 Å². The second-order valence-corrected chi connectivity index (χ2v) is 7.39. The molecule has 31 heavy (non-hydrogen) atoms. The number of nitrogens with zero attached hydrogens (tertiary/aromatic N) is 1. The Balaban J connectivity index is 0.00000341. The van der Waals surface area contributed by atoms with Gasteiger partial charge in [0.1, 0.15) is 5.82 Å². The molecule has 166 valence electrons. The summed E-state index contributed by atoms with van der Waals surface area (Å²) < 4.78 is 14.2. The van der Waals surface area contributed by atoms with Crippen molar-refractivity contribution in [2.45, 2.75) is 24.8 Å². The van der Waals surface area contributed by atoms with Gasteiger partial charge in [-0.3, -0.25) is 14.6 Å². The van der Waals surface area contributed by atoms with Gasteiger partial charge in [0.15, 0.2) is 5.96 Å². The Morgan fingerprint density at radius 2 is 1.74 bits per heavy atom. The maximum Gasteiger partial charge on any atom is 0.251 e. The minimum absolute atomic E-state index is 0. The van der Waals surface area contributed by atoms with E-state index in [4.69, 9.17) is 5.73 Å². The van der Waals surface area contributed by atoms with Crippen LogP contribution in [-0.4, -0.2) is 37.9 Å². The molecular weight excluding hydrogens is 512 g/mol. The van der Waals surface area contributed by atoms with Gasteiger partial charge < -0.3 is 21.7 Å². The van der Waals surface area contributed by atoms with Crippen molar-refractivity contribution in [1.29, 1.82) is 0 Å². The van der Waals surface area contributed by atoms with Crippen LogP contribution in [0.1, 0.15) is 34.3 Å². The highest BCUT2D eigenvalue weighted by molar-refractivity contribution is 14.0. The van der Waals surface area contributed by atoms with E-state index in [2.05, 4.69) is 20.9 Å². The number of benzene rings is 2. The Morgan fingerprint density at radius 3 is 2.32 bits per heavy atom. The quantitative estimate of drug-likeness (QED) is 0.234. The van der Waals surface area contributed by atoms with E-state index < -0.39 is 5.91 Å². The van der Waals surface area contributed by atoms with Crippen LogP contribution < -0.4 is 21.7 Å². The Bertz CT molecular complexity index is 945. The topological polar surface area (TPSA) is 109 Å². The summed E-state index contributed by atoms with van der Waals surface area (Å²) in [6.45, 7) is 0.917. The Labute approximate surface area is 198 Å². The zero-order chi connectivity index (χ0) is 21.6. The van der Waals surface area contributed by atoms with Gasteiger partial charge in [0.2, 0.25) is 5.91 Å². The number of carbonyl (C=O) groups excluding carboxylic acids is 2. The van der Waals surface area contributed by atoms with Crippen molar-refractivity contribution in [3.63, 3.8) is 0 Å². The van der Waals surface area contributed by atoms with Gasteiger partial charge in [0.25, 0.3) is 5.91 Å². The first-order valence-corrected chi connectivity index (χ1v) is 9.78. The second kappa shape index (κ2) is 11.1. The molecule has 2 amide bonds. The van der Waals surface area contributed by atoms with Gasteiger partial charge in [-0.05, 0) is 42.2 Å². The summed E-state index contributed by atoms with van der Waals surface area (Å²) in [5, 5.41) is 8.96. The summed E-state index contributed by atoms with van der Waals surface area (Å²) in [6.07, 6.45) is 1.88. The number of primary amides is 1. The van der Waals surface area contributed by atoms with Gasteiger partial charge in [-0.1, -0.05) is 30.3 Å². The van der Waals surface area contributed by atoms with Crippen LogP contribution in [-0.2, 0) is 16.8 Å². The first-order chi connectivity index (χ1) is 14.4. The molecule has 0 unspecified atom stereocenters. The van der Waals surface area contributed by atoms with Crippen LogP contribution >= 0.6 is 24.0 Å². The Hall–Kier alpha value is -2.69. The zero-order valence-electron chi connectivity index (χ0n) is 17.3. The van der Waals surface area contributed by atoms with Crippen molar-refractivity contribution >= 4 is 41.8 Å². The normalized spacial score (nSPS) is 14.2. The molecule has 0 aromatic heterocycles.